The van der Waals surface area contributed by atoms with Gasteiger partial charge in [-0.2, -0.15) is 5.10 Å². The molecule has 0 aliphatic heterocycles. The first kappa shape index (κ1) is 32.9. The van der Waals surface area contributed by atoms with E-state index in [0.29, 0.717) is 17.8 Å². The van der Waals surface area contributed by atoms with Gasteiger partial charge in [-0.05, 0) is 85.5 Å². The number of fused-ring (bicyclic) bond motifs is 3. The number of aryl methyl sites for hydroxylation is 1. The lowest BCUT2D eigenvalue weighted by molar-refractivity contribution is 0.385. The highest BCUT2D eigenvalue weighted by Crippen LogP contribution is 2.46. The Hall–Kier alpha value is -4.64. The van der Waals surface area contributed by atoms with Crippen molar-refractivity contribution in [3.8, 4) is 23.0 Å². The molecule has 0 amide bonds. The number of hydrogen-bond donors (Lipinski definition) is 0. The Labute approximate surface area is 291 Å². The molecule has 3 atom stereocenters. The van der Waals surface area contributed by atoms with Gasteiger partial charge in [0.2, 0.25) is 0 Å². The highest BCUT2D eigenvalue weighted by atomic mass is 16.5. The van der Waals surface area contributed by atoms with Crippen molar-refractivity contribution < 1.29 is 4.74 Å². The number of hydrogen-bond acceptors (Lipinski definition) is 3. The van der Waals surface area contributed by atoms with E-state index in [1.54, 1.807) is 0 Å². The fourth-order valence-electron chi connectivity index (χ4n) is 8.21. The molecule has 1 aliphatic carbocycles. The third-order valence-electron chi connectivity index (χ3n) is 10.3. The summed E-state index contributed by atoms with van der Waals surface area (Å²) in [6.07, 6.45) is 5.58. The van der Waals surface area contributed by atoms with Crippen LogP contribution in [0.25, 0.3) is 33.3 Å². The summed E-state index contributed by atoms with van der Waals surface area (Å²) in [7, 11) is 0. The third-order valence-corrected chi connectivity index (χ3v) is 10.3. The fraction of sp³-hybridized carbons (Fsp3) is 0.364. The molecule has 3 heterocycles. The van der Waals surface area contributed by atoms with E-state index in [2.05, 4.69) is 157 Å². The van der Waals surface area contributed by atoms with Crippen LogP contribution in [0.1, 0.15) is 97.2 Å². The van der Waals surface area contributed by atoms with E-state index in [0.717, 1.165) is 39.7 Å². The number of aromatic nitrogens is 4. The predicted molar refractivity (Wildman–Crippen MR) is 204 cm³/mol. The van der Waals surface area contributed by atoms with E-state index in [4.69, 9.17) is 14.8 Å². The molecule has 0 fully saturated rings. The van der Waals surface area contributed by atoms with Gasteiger partial charge in [-0.1, -0.05) is 91.3 Å². The SMILES string of the molecule is CC1=CC(C)C[C@H](C)[C@@H]1c1c(C)nn(-c2cccc(Oc3ccc4c5ccccc5n(-c5cc(C(C)(C)C)ccn5)c4c3)c2)c1C(C)(C)C. The number of para-hydroxylation sites is 1. The molecule has 0 radical (unpaired) electrons. The number of pyridine rings is 1. The van der Waals surface area contributed by atoms with Crippen LogP contribution in [0.5, 0.6) is 11.5 Å². The summed E-state index contributed by atoms with van der Waals surface area (Å²) in [5.41, 5.74) is 9.59. The topological polar surface area (TPSA) is 44.9 Å². The minimum atomic E-state index is -0.104. The molecule has 3 aromatic heterocycles. The van der Waals surface area contributed by atoms with Crippen LogP contribution in [0, 0.1) is 18.8 Å². The Morgan fingerprint density at radius 2 is 1.49 bits per heavy atom. The molecule has 1 aliphatic rings. The number of nitrogens with zero attached hydrogens (tertiary/aromatic N) is 4. The first-order valence-corrected chi connectivity index (χ1v) is 17.8. The van der Waals surface area contributed by atoms with E-state index in [9.17, 15) is 0 Å². The minimum absolute atomic E-state index is 0.0131. The van der Waals surface area contributed by atoms with Crippen LogP contribution in [-0.4, -0.2) is 19.3 Å². The molecule has 5 heteroatoms. The van der Waals surface area contributed by atoms with Crippen molar-refractivity contribution in [2.24, 2.45) is 11.8 Å². The third kappa shape index (κ3) is 5.98. The van der Waals surface area contributed by atoms with Gasteiger partial charge in [-0.3, -0.25) is 4.57 Å². The van der Waals surface area contributed by atoms with Crippen LogP contribution in [-0.2, 0) is 10.8 Å². The summed E-state index contributed by atoms with van der Waals surface area (Å²) in [6.45, 7) is 22.9. The van der Waals surface area contributed by atoms with Crippen molar-refractivity contribution in [3.63, 3.8) is 0 Å². The first-order valence-electron chi connectivity index (χ1n) is 17.8. The van der Waals surface area contributed by atoms with Gasteiger partial charge >= 0.3 is 0 Å². The number of rotatable bonds is 5. The fourth-order valence-corrected chi connectivity index (χ4v) is 8.21. The summed E-state index contributed by atoms with van der Waals surface area (Å²) < 4.78 is 11.1. The van der Waals surface area contributed by atoms with E-state index < -0.39 is 0 Å². The Balaban J connectivity index is 1.30. The normalized spacial score (nSPS) is 18.7. The van der Waals surface area contributed by atoms with Gasteiger partial charge < -0.3 is 4.74 Å². The van der Waals surface area contributed by atoms with Gasteiger partial charge in [0.15, 0.2) is 0 Å². The highest BCUT2D eigenvalue weighted by molar-refractivity contribution is 6.09. The predicted octanol–water partition coefficient (Wildman–Crippen LogP) is 11.8. The second-order valence-electron chi connectivity index (χ2n) is 16.4. The summed E-state index contributed by atoms with van der Waals surface area (Å²) >= 11 is 0. The van der Waals surface area contributed by atoms with Crippen molar-refractivity contribution in [2.45, 2.75) is 92.4 Å². The van der Waals surface area contributed by atoms with Gasteiger partial charge in [0.25, 0.3) is 0 Å². The van der Waals surface area contributed by atoms with Crippen molar-refractivity contribution in [3.05, 3.63) is 119 Å². The zero-order chi connectivity index (χ0) is 34.8. The largest absolute Gasteiger partial charge is 0.457 e. The Kier molecular flexibility index (Phi) is 8.09. The first-order chi connectivity index (χ1) is 23.2. The maximum Gasteiger partial charge on any atom is 0.137 e. The van der Waals surface area contributed by atoms with E-state index in [1.807, 2.05) is 12.3 Å². The average molecular weight is 651 g/mol. The number of benzene rings is 3. The zero-order valence-corrected chi connectivity index (χ0v) is 30.8. The second kappa shape index (κ2) is 12.0. The summed E-state index contributed by atoms with van der Waals surface area (Å²) in [4.78, 5) is 4.85. The number of allylic oxidation sites excluding steroid dienone is 2. The molecule has 3 aromatic carbocycles. The van der Waals surface area contributed by atoms with Gasteiger partial charge in [0, 0.05) is 46.0 Å². The molecule has 0 bridgehead atoms. The van der Waals surface area contributed by atoms with Gasteiger partial charge in [-0.25, -0.2) is 9.67 Å². The quantitative estimate of drug-likeness (QED) is 0.174. The monoisotopic (exact) mass is 650 g/mol. The van der Waals surface area contributed by atoms with E-state index in [-0.39, 0.29) is 10.8 Å². The molecular weight excluding hydrogens is 601 g/mol. The molecule has 0 spiro atoms. The molecule has 1 unspecified atom stereocenters. The maximum atomic E-state index is 6.65. The van der Waals surface area contributed by atoms with Crippen LogP contribution >= 0.6 is 0 Å². The molecule has 0 saturated carbocycles. The smallest absolute Gasteiger partial charge is 0.137 e. The van der Waals surface area contributed by atoms with Gasteiger partial charge in [-0.15, -0.1) is 0 Å². The van der Waals surface area contributed by atoms with Crippen molar-refractivity contribution in [2.75, 3.05) is 0 Å². The Morgan fingerprint density at radius 3 is 2.22 bits per heavy atom. The van der Waals surface area contributed by atoms with Crippen LogP contribution in [0.15, 0.2) is 96.7 Å². The maximum absolute atomic E-state index is 6.65. The van der Waals surface area contributed by atoms with Crippen LogP contribution < -0.4 is 4.74 Å². The molecule has 0 saturated heterocycles. The molecular formula is C44H50N4O. The van der Waals surface area contributed by atoms with E-state index >= 15 is 0 Å². The zero-order valence-electron chi connectivity index (χ0n) is 30.8. The Morgan fingerprint density at radius 1 is 0.755 bits per heavy atom. The van der Waals surface area contributed by atoms with Crippen LogP contribution in [0.2, 0.25) is 0 Å². The molecule has 7 rings (SSSR count). The minimum Gasteiger partial charge on any atom is -0.457 e. The highest BCUT2D eigenvalue weighted by Gasteiger charge is 2.36. The Bertz CT molecular complexity index is 2220. The average Bonchev–Trinajstić information content (AvgIpc) is 3.55. The second-order valence-corrected chi connectivity index (χ2v) is 16.4. The summed E-state index contributed by atoms with van der Waals surface area (Å²) in [5.74, 6) is 4.00. The molecule has 5 nitrogen and oxygen atoms in total. The van der Waals surface area contributed by atoms with Crippen molar-refractivity contribution >= 4 is 21.8 Å². The van der Waals surface area contributed by atoms with E-state index in [1.165, 1.54) is 39.6 Å². The summed E-state index contributed by atoms with van der Waals surface area (Å²) in [6, 6.07) is 27.6. The lowest BCUT2D eigenvalue weighted by atomic mass is 9.70. The van der Waals surface area contributed by atoms with Crippen LogP contribution in [0.3, 0.4) is 0 Å². The molecule has 6 aromatic rings. The van der Waals surface area contributed by atoms with Gasteiger partial charge in [0.05, 0.1) is 28.1 Å². The van der Waals surface area contributed by atoms with Crippen LogP contribution in [0.4, 0.5) is 0 Å². The van der Waals surface area contributed by atoms with Gasteiger partial charge in [0.1, 0.15) is 17.3 Å². The molecule has 252 valence electrons. The summed E-state index contributed by atoms with van der Waals surface area (Å²) in [5, 5.41) is 7.58. The molecule has 49 heavy (non-hydrogen) atoms. The lowest BCUT2D eigenvalue weighted by Gasteiger charge is -2.34. The van der Waals surface area contributed by atoms with Crippen molar-refractivity contribution in [1.29, 1.82) is 0 Å². The lowest BCUT2D eigenvalue weighted by Crippen LogP contribution is -2.25. The molecule has 0 N–H and O–H groups in total. The standard InChI is InChI=1S/C44H50N4O/c1-27-22-28(2)40(29(3)23-27)41-30(4)46-48(42(41)44(8,9)10)32-14-13-15-33(25-32)49-34-18-19-36-35-16-11-12-17-37(35)47(38(36)26-34)39-24-31(20-21-45-39)43(5,6)7/h11-22,24-27,29,40H,23H2,1-10H3/t27?,29-,40+/m0/s1. The van der Waals surface area contributed by atoms with Crippen molar-refractivity contribution in [1.82, 2.24) is 19.3 Å². The number of ether oxygens (including phenoxy) is 1.